The average molecular weight is 476 g/mol. The SMILES string of the molecule is CCCS(=O)(=O)Nc1ccc(F)c(C(=O)c2c[nH]c3ncc(C(C=C(C)N)=NC)cc23)c1F. The van der Waals surface area contributed by atoms with Crippen LogP contribution >= 0.6 is 0 Å². The van der Waals surface area contributed by atoms with E-state index in [4.69, 9.17) is 5.73 Å². The van der Waals surface area contributed by atoms with Gasteiger partial charge in [-0.15, -0.1) is 0 Å². The molecular formula is C22H23F2N5O3S. The molecule has 0 spiro atoms. The van der Waals surface area contributed by atoms with Gasteiger partial charge in [0.15, 0.2) is 5.82 Å². The second kappa shape index (κ2) is 9.49. The highest BCUT2D eigenvalue weighted by Crippen LogP contribution is 2.28. The predicted molar refractivity (Wildman–Crippen MR) is 124 cm³/mol. The summed E-state index contributed by atoms with van der Waals surface area (Å²) in [5.41, 5.74) is 6.21. The summed E-state index contributed by atoms with van der Waals surface area (Å²) in [6.07, 6.45) is 4.75. The van der Waals surface area contributed by atoms with E-state index in [0.29, 0.717) is 34.4 Å². The van der Waals surface area contributed by atoms with Crippen LogP contribution in [0.5, 0.6) is 0 Å². The molecule has 0 saturated heterocycles. The molecule has 0 radical (unpaired) electrons. The van der Waals surface area contributed by atoms with Crippen molar-refractivity contribution in [3.8, 4) is 0 Å². The number of nitrogens with zero attached hydrogens (tertiary/aromatic N) is 2. The van der Waals surface area contributed by atoms with Crippen LogP contribution in [-0.4, -0.2) is 42.7 Å². The van der Waals surface area contributed by atoms with E-state index in [9.17, 15) is 17.6 Å². The number of H-pyrrole nitrogens is 1. The molecule has 0 atom stereocenters. The Kier molecular flexibility index (Phi) is 6.92. The number of halogens is 2. The number of rotatable bonds is 8. The lowest BCUT2D eigenvalue weighted by molar-refractivity contribution is 0.103. The molecule has 11 heteroatoms. The number of fused-ring (bicyclic) bond motifs is 1. The number of aromatic amines is 1. The van der Waals surface area contributed by atoms with Gasteiger partial charge in [-0.2, -0.15) is 0 Å². The van der Waals surface area contributed by atoms with Gasteiger partial charge < -0.3 is 10.7 Å². The van der Waals surface area contributed by atoms with Crippen LogP contribution in [0, 0.1) is 11.6 Å². The zero-order valence-corrected chi connectivity index (χ0v) is 19.1. The van der Waals surface area contributed by atoms with Gasteiger partial charge in [0.25, 0.3) is 0 Å². The topological polar surface area (TPSA) is 130 Å². The van der Waals surface area contributed by atoms with Crippen LogP contribution < -0.4 is 10.5 Å². The third kappa shape index (κ3) is 5.08. The van der Waals surface area contributed by atoms with E-state index in [1.807, 2.05) is 0 Å². The van der Waals surface area contributed by atoms with E-state index in [1.54, 1.807) is 33.0 Å². The van der Waals surface area contributed by atoms with Gasteiger partial charge >= 0.3 is 0 Å². The summed E-state index contributed by atoms with van der Waals surface area (Å²) in [4.78, 5) is 24.4. The second-order valence-corrected chi connectivity index (χ2v) is 9.20. The first kappa shape index (κ1) is 24.1. The van der Waals surface area contributed by atoms with Crippen molar-refractivity contribution in [2.45, 2.75) is 20.3 Å². The molecule has 2 aromatic heterocycles. The Hall–Kier alpha value is -3.60. The van der Waals surface area contributed by atoms with E-state index in [1.165, 1.54) is 12.4 Å². The van der Waals surface area contributed by atoms with E-state index < -0.39 is 38.7 Å². The predicted octanol–water partition coefficient (Wildman–Crippen LogP) is 3.51. The van der Waals surface area contributed by atoms with Crippen LogP contribution in [0.4, 0.5) is 14.5 Å². The van der Waals surface area contributed by atoms with E-state index >= 15 is 4.39 Å². The van der Waals surface area contributed by atoms with Crippen LogP contribution in [-0.2, 0) is 10.0 Å². The first-order valence-corrected chi connectivity index (χ1v) is 11.6. The number of sulfonamides is 1. The van der Waals surface area contributed by atoms with Gasteiger partial charge in [0.05, 0.1) is 22.7 Å². The zero-order chi connectivity index (χ0) is 24.3. The zero-order valence-electron chi connectivity index (χ0n) is 18.2. The molecule has 0 aliphatic rings. The summed E-state index contributed by atoms with van der Waals surface area (Å²) < 4.78 is 55.8. The van der Waals surface area contributed by atoms with Gasteiger partial charge in [-0.25, -0.2) is 22.2 Å². The fourth-order valence-electron chi connectivity index (χ4n) is 3.29. The maximum Gasteiger partial charge on any atom is 0.232 e. The van der Waals surface area contributed by atoms with Crippen molar-refractivity contribution in [1.82, 2.24) is 9.97 Å². The van der Waals surface area contributed by atoms with Crippen LogP contribution in [0.15, 0.2) is 47.4 Å². The summed E-state index contributed by atoms with van der Waals surface area (Å²) in [6.45, 7) is 3.34. The molecule has 0 unspecified atom stereocenters. The smallest absolute Gasteiger partial charge is 0.232 e. The molecule has 0 aliphatic heterocycles. The Labute approximate surface area is 189 Å². The summed E-state index contributed by atoms with van der Waals surface area (Å²) in [7, 11) is -2.28. The molecule has 1 aromatic carbocycles. The fourth-order valence-corrected chi connectivity index (χ4v) is 4.42. The molecular weight excluding hydrogens is 452 g/mol. The second-order valence-electron chi connectivity index (χ2n) is 7.35. The third-order valence-electron chi connectivity index (χ3n) is 4.73. The molecule has 2 heterocycles. The minimum absolute atomic E-state index is 0.0328. The quantitative estimate of drug-likeness (QED) is 0.339. The van der Waals surface area contributed by atoms with Crippen molar-refractivity contribution in [2.75, 3.05) is 17.5 Å². The third-order valence-corrected chi connectivity index (χ3v) is 6.21. The van der Waals surface area contributed by atoms with Crippen molar-refractivity contribution >= 4 is 38.2 Å². The summed E-state index contributed by atoms with van der Waals surface area (Å²) >= 11 is 0. The van der Waals surface area contributed by atoms with Crippen LogP contribution in [0.3, 0.4) is 0 Å². The van der Waals surface area contributed by atoms with Crippen LogP contribution in [0.1, 0.15) is 41.8 Å². The number of nitrogens with one attached hydrogen (secondary N) is 2. The maximum atomic E-state index is 15.1. The highest BCUT2D eigenvalue weighted by atomic mass is 32.2. The van der Waals surface area contributed by atoms with Crippen LogP contribution in [0.25, 0.3) is 11.0 Å². The number of pyridine rings is 1. The minimum Gasteiger partial charge on any atom is -0.402 e. The molecule has 0 amide bonds. The molecule has 174 valence electrons. The monoisotopic (exact) mass is 475 g/mol. The largest absolute Gasteiger partial charge is 0.402 e. The molecule has 0 saturated carbocycles. The van der Waals surface area contributed by atoms with Crippen molar-refractivity contribution in [3.05, 3.63) is 70.7 Å². The average Bonchev–Trinajstić information content (AvgIpc) is 3.17. The van der Waals surface area contributed by atoms with Crippen molar-refractivity contribution < 1.29 is 22.0 Å². The number of ketones is 1. The summed E-state index contributed by atoms with van der Waals surface area (Å²) in [5, 5.41) is 0.317. The number of hydrogen-bond donors (Lipinski definition) is 3. The number of nitrogens with two attached hydrogens (primary N) is 1. The van der Waals surface area contributed by atoms with Crippen molar-refractivity contribution in [2.24, 2.45) is 10.7 Å². The first-order valence-electron chi connectivity index (χ1n) is 9.99. The Morgan fingerprint density at radius 1 is 1.33 bits per heavy atom. The standard InChI is InChI=1S/C22H23F2N5O3S/c1-4-7-33(31,32)29-17-6-5-16(23)19(20(17)24)21(30)15-11-28-22-14(15)9-13(10-27-22)18(26-3)8-12(2)25/h5-6,8-11,29H,4,7,25H2,1-3H3,(H,27,28). The minimum atomic E-state index is -3.85. The summed E-state index contributed by atoms with van der Waals surface area (Å²) in [5.74, 6) is -3.63. The van der Waals surface area contributed by atoms with E-state index in [-0.39, 0.29) is 11.3 Å². The molecule has 3 aromatic rings. The Balaban J connectivity index is 2.10. The highest BCUT2D eigenvalue weighted by Gasteiger charge is 2.26. The number of allylic oxidation sites excluding steroid dienone is 2. The first-order chi connectivity index (χ1) is 15.6. The Morgan fingerprint density at radius 2 is 2.06 bits per heavy atom. The van der Waals surface area contributed by atoms with E-state index in [2.05, 4.69) is 19.7 Å². The molecule has 0 bridgehead atoms. The number of hydrogen-bond acceptors (Lipinski definition) is 6. The van der Waals surface area contributed by atoms with Crippen molar-refractivity contribution in [1.29, 1.82) is 0 Å². The maximum absolute atomic E-state index is 15.1. The molecule has 4 N–H and O–H groups in total. The lowest BCUT2D eigenvalue weighted by Crippen LogP contribution is -2.18. The number of anilines is 1. The number of carbonyl (C=O) groups excluding carboxylic acids is 1. The highest BCUT2D eigenvalue weighted by molar-refractivity contribution is 7.92. The molecule has 0 fully saturated rings. The number of benzene rings is 1. The molecule has 3 rings (SSSR count). The van der Waals surface area contributed by atoms with Gasteiger partial charge in [0.1, 0.15) is 11.5 Å². The number of carbonyl (C=O) groups is 1. The lowest BCUT2D eigenvalue weighted by atomic mass is 10.0. The number of aromatic nitrogens is 2. The Morgan fingerprint density at radius 3 is 2.70 bits per heavy atom. The summed E-state index contributed by atoms with van der Waals surface area (Å²) in [6, 6.07) is 3.39. The van der Waals surface area contributed by atoms with Crippen molar-refractivity contribution in [3.63, 3.8) is 0 Å². The van der Waals surface area contributed by atoms with Gasteiger partial charge in [0, 0.05) is 41.7 Å². The van der Waals surface area contributed by atoms with Gasteiger partial charge in [0.2, 0.25) is 15.8 Å². The molecule has 8 nitrogen and oxygen atoms in total. The van der Waals surface area contributed by atoms with Gasteiger partial charge in [-0.05, 0) is 37.6 Å². The van der Waals surface area contributed by atoms with Crippen LogP contribution in [0.2, 0.25) is 0 Å². The lowest BCUT2D eigenvalue weighted by Gasteiger charge is -2.11. The van der Waals surface area contributed by atoms with E-state index in [0.717, 1.165) is 12.1 Å². The van der Waals surface area contributed by atoms with Gasteiger partial charge in [-0.3, -0.25) is 14.5 Å². The molecule has 33 heavy (non-hydrogen) atoms. The number of aliphatic imine (C=N–C) groups is 1. The normalized spacial score (nSPS) is 12.9. The fraction of sp³-hybridized carbons (Fsp3) is 0.227. The van der Waals surface area contributed by atoms with Gasteiger partial charge in [-0.1, -0.05) is 6.92 Å². The molecule has 0 aliphatic carbocycles. The Bertz CT molecular complexity index is 1390.